The number of nitrogens with two attached hydrogens (primary N) is 1. The van der Waals surface area contributed by atoms with Gasteiger partial charge in [-0.2, -0.15) is 0 Å². The van der Waals surface area contributed by atoms with Crippen molar-refractivity contribution < 1.29 is 4.39 Å². The molecule has 3 N–H and O–H groups in total. The Morgan fingerprint density at radius 2 is 2.20 bits per heavy atom. The van der Waals surface area contributed by atoms with Crippen molar-refractivity contribution in [3.8, 4) is 0 Å². The molecular formula is C15H18FN3S. The van der Waals surface area contributed by atoms with Gasteiger partial charge in [-0.05, 0) is 43.8 Å². The zero-order valence-electron chi connectivity index (χ0n) is 11.6. The third-order valence-electron chi connectivity index (χ3n) is 3.15. The number of nitrogens with zero attached hydrogens (tertiary/aromatic N) is 1. The molecule has 0 saturated heterocycles. The van der Waals surface area contributed by atoms with Gasteiger partial charge in [-0.25, -0.2) is 9.37 Å². The Morgan fingerprint density at radius 3 is 2.85 bits per heavy atom. The molecule has 0 aliphatic carbocycles. The van der Waals surface area contributed by atoms with Crippen molar-refractivity contribution in [3.63, 3.8) is 0 Å². The van der Waals surface area contributed by atoms with Crippen LogP contribution in [0.5, 0.6) is 0 Å². The molecule has 2 rings (SSSR count). The lowest BCUT2D eigenvalue weighted by molar-refractivity contribution is 0.624. The molecule has 20 heavy (non-hydrogen) atoms. The molecular weight excluding hydrogens is 273 g/mol. The topological polar surface area (TPSA) is 50.9 Å². The highest BCUT2D eigenvalue weighted by atomic mass is 32.2. The van der Waals surface area contributed by atoms with E-state index < -0.39 is 0 Å². The largest absolute Gasteiger partial charge is 0.383 e. The number of halogens is 1. The lowest BCUT2D eigenvalue weighted by Gasteiger charge is -2.19. The van der Waals surface area contributed by atoms with Crippen LogP contribution in [0.25, 0.3) is 0 Å². The monoisotopic (exact) mass is 291 g/mol. The van der Waals surface area contributed by atoms with E-state index in [1.54, 1.807) is 24.0 Å². The minimum atomic E-state index is -0.215. The molecule has 0 aliphatic heterocycles. The lowest BCUT2D eigenvalue weighted by atomic mass is 10.0. The molecule has 0 bridgehead atoms. The highest BCUT2D eigenvalue weighted by molar-refractivity contribution is 7.99. The van der Waals surface area contributed by atoms with Gasteiger partial charge in [0.2, 0.25) is 0 Å². The maximum Gasteiger partial charge on any atom is 0.128 e. The number of hydrogen-bond acceptors (Lipinski definition) is 4. The van der Waals surface area contributed by atoms with E-state index in [-0.39, 0.29) is 11.9 Å². The molecule has 0 amide bonds. The SMILES string of the molecule is CNC(CSc1cccc(F)c1)c1c(C)ccnc1N. The van der Waals surface area contributed by atoms with Crippen LogP contribution in [0.1, 0.15) is 17.2 Å². The molecule has 0 aliphatic rings. The van der Waals surface area contributed by atoms with Crippen LogP contribution in [0.3, 0.4) is 0 Å². The summed E-state index contributed by atoms with van der Waals surface area (Å²) in [6, 6.07) is 8.63. The molecule has 2 aromatic rings. The fraction of sp³-hybridized carbons (Fsp3) is 0.267. The van der Waals surface area contributed by atoms with Crippen molar-refractivity contribution in [2.45, 2.75) is 17.9 Å². The quantitative estimate of drug-likeness (QED) is 0.831. The van der Waals surface area contributed by atoms with Gasteiger partial charge in [0.1, 0.15) is 11.6 Å². The van der Waals surface area contributed by atoms with Gasteiger partial charge >= 0.3 is 0 Å². The first-order valence-electron chi connectivity index (χ1n) is 6.38. The fourth-order valence-corrected chi connectivity index (χ4v) is 3.15. The van der Waals surface area contributed by atoms with E-state index in [1.807, 2.05) is 26.1 Å². The Hall–Kier alpha value is -1.59. The van der Waals surface area contributed by atoms with Crippen molar-refractivity contribution in [2.75, 3.05) is 18.5 Å². The molecule has 0 radical (unpaired) electrons. The highest BCUT2D eigenvalue weighted by Crippen LogP contribution is 2.28. The van der Waals surface area contributed by atoms with Crippen LogP contribution in [0, 0.1) is 12.7 Å². The number of nitrogens with one attached hydrogen (secondary N) is 1. The minimum Gasteiger partial charge on any atom is -0.383 e. The van der Waals surface area contributed by atoms with Gasteiger partial charge < -0.3 is 11.1 Å². The van der Waals surface area contributed by atoms with Gasteiger partial charge in [0.05, 0.1) is 0 Å². The average molecular weight is 291 g/mol. The second-order valence-corrected chi connectivity index (χ2v) is 5.63. The van der Waals surface area contributed by atoms with Gasteiger partial charge in [-0.1, -0.05) is 6.07 Å². The molecule has 1 heterocycles. The summed E-state index contributed by atoms with van der Waals surface area (Å²) in [5.41, 5.74) is 8.09. The van der Waals surface area contributed by atoms with E-state index in [0.717, 1.165) is 21.8 Å². The molecule has 1 atom stereocenters. The molecule has 1 aromatic heterocycles. The number of nitrogen functional groups attached to an aromatic ring is 1. The van der Waals surface area contributed by atoms with Crippen LogP contribution in [0.4, 0.5) is 10.2 Å². The predicted octanol–water partition coefficient (Wildman–Crippen LogP) is 3.16. The van der Waals surface area contributed by atoms with Crippen LogP contribution >= 0.6 is 11.8 Å². The van der Waals surface area contributed by atoms with Crippen molar-refractivity contribution >= 4 is 17.6 Å². The van der Waals surface area contributed by atoms with Crippen molar-refractivity contribution in [2.24, 2.45) is 0 Å². The minimum absolute atomic E-state index is 0.0805. The lowest BCUT2D eigenvalue weighted by Crippen LogP contribution is -2.21. The summed E-state index contributed by atoms with van der Waals surface area (Å²) in [5.74, 6) is 1.09. The normalized spacial score (nSPS) is 12.3. The number of aryl methyl sites for hydroxylation is 1. The third-order valence-corrected chi connectivity index (χ3v) is 4.24. The van der Waals surface area contributed by atoms with Crippen molar-refractivity contribution in [1.82, 2.24) is 10.3 Å². The molecule has 0 spiro atoms. The van der Waals surface area contributed by atoms with Gasteiger partial charge in [0, 0.05) is 28.5 Å². The zero-order chi connectivity index (χ0) is 14.5. The fourth-order valence-electron chi connectivity index (χ4n) is 2.09. The van der Waals surface area contributed by atoms with Crippen LogP contribution in [0.2, 0.25) is 0 Å². The molecule has 1 aromatic carbocycles. The molecule has 1 unspecified atom stereocenters. The average Bonchev–Trinajstić information content (AvgIpc) is 2.42. The Kier molecular flexibility index (Phi) is 4.98. The van der Waals surface area contributed by atoms with Crippen molar-refractivity contribution in [1.29, 1.82) is 0 Å². The number of thioether (sulfide) groups is 1. The van der Waals surface area contributed by atoms with Gasteiger partial charge in [-0.15, -0.1) is 11.8 Å². The molecule has 106 valence electrons. The summed E-state index contributed by atoms with van der Waals surface area (Å²) in [6.45, 7) is 2.02. The zero-order valence-corrected chi connectivity index (χ0v) is 12.4. The third kappa shape index (κ3) is 3.49. The number of benzene rings is 1. The summed E-state index contributed by atoms with van der Waals surface area (Å²) < 4.78 is 13.2. The number of anilines is 1. The smallest absolute Gasteiger partial charge is 0.128 e. The summed E-state index contributed by atoms with van der Waals surface area (Å²) >= 11 is 1.59. The first kappa shape index (κ1) is 14.8. The van der Waals surface area contributed by atoms with Gasteiger partial charge in [-0.3, -0.25) is 0 Å². The van der Waals surface area contributed by atoms with E-state index in [9.17, 15) is 4.39 Å². The number of hydrogen-bond donors (Lipinski definition) is 2. The van der Waals surface area contributed by atoms with Crippen LogP contribution in [-0.2, 0) is 0 Å². The Balaban J connectivity index is 2.13. The number of pyridine rings is 1. The van der Waals surface area contributed by atoms with Crippen LogP contribution < -0.4 is 11.1 Å². The summed E-state index contributed by atoms with van der Waals surface area (Å²) in [6.07, 6.45) is 1.71. The second kappa shape index (κ2) is 6.72. The summed E-state index contributed by atoms with van der Waals surface area (Å²) in [7, 11) is 1.89. The molecule has 0 fully saturated rings. The Morgan fingerprint density at radius 1 is 1.40 bits per heavy atom. The van der Waals surface area contributed by atoms with E-state index in [0.29, 0.717) is 5.82 Å². The van der Waals surface area contributed by atoms with Gasteiger partial charge in [0.25, 0.3) is 0 Å². The van der Waals surface area contributed by atoms with Crippen molar-refractivity contribution in [3.05, 3.63) is 53.5 Å². The predicted molar refractivity (Wildman–Crippen MR) is 82.3 cm³/mol. The summed E-state index contributed by atoms with van der Waals surface area (Å²) in [5, 5.41) is 3.25. The Bertz CT molecular complexity index is 569. The van der Waals surface area contributed by atoms with Crippen LogP contribution in [0.15, 0.2) is 41.4 Å². The maximum absolute atomic E-state index is 13.2. The molecule has 0 saturated carbocycles. The Labute approximate surface area is 122 Å². The van der Waals surface area contributed by atoms with E-state index in [1.165, 1.54) is 12.1 Å². The molecule has 3 nitrogen and oxygen atoms in total. The highest BCUT2D eigenvalue weighted by Gasteiger charge is 2.16. The van der Waals surface area contributed by atoms with E-state index in [4.69, 9.17) is 5.73 Å². The van der Waals surface area contributed by atoms with Crippen LogP contribution in [-0.4, -0.2) is 17.8 Å². The van der Waals surface area contributed by atoms with E-state index >= 15 is 0 Å². The second-order valence-electron chi connectivity index (χ2n) is 4.54. The maximum atomic E-state index is 13.2. The molecule has 5 heteroatoms. The first-order valence-corrected chi connectivity index (χ1v) is 7.37. The first-order chi connectivity index (χ1) is 9.61. The van der Waals surface area contributed by atoms with E-state index in [2.05, 4.69) is 10.3 Å². The standard InChI is InChI=1S/C15H18FN3S/c1-10-6-7-19-15(17)14(10)13(18-2)9-20-12-5-3-4-11(16)8-12/h3-8,13,18H,9H2,1-2H3,(H2,17,19). The number of rotatable bonds is 5. The summed E-state index contributed by atoms with van der Waals surface area (Å²) in [4.78, 5) is 5.05. The number of aromatic nitrogens is 1. The van der Waals surface area contributed by atoms with Gasteiger partial charge in [0.15, 0.2) is 0 Å².